The maximum atomic E-state index is 9.64. The van der Waals surface area contributed by atoms with Gasteiger partial charge in [-0.3, -0.25) is 4.90 Å². The molecule has 124 valence electrons. The molecule has 4 heteroatoms. The molecular formula is C17H34N2O2. The largest absolute Gasteiger partial charge is 0.395 e. The third-order valence-electron chi connectivity index (χ3n) is 4.95. The van der Waals surface area contributed by atoms with E-state index in [-0.39, 0.29) is 5.41 Å². The molecular weight excluding hydrogens is 264 g/mol. The third kappa shape index (κ3) is 5.20. The van der Waals surface area contributed by atoms with Crippen LogP contribution in [-0.4, -0.2) is 62.0 Å². The molecule has 2 saturated heterocycles. The van der Waals surface area contributed by atoms with E-state index in [0.717, 1.165) is 45.8 Å². The molecule has 0 aliphatic carbocycles. The van der Waals surface area contributed by atoms with Crippen LogP contribution in [0.15, 0.2) is 0 Å². The van der Waals surface area contributed by atoms with Crippen molar-refractivity contribution in [2.45, 2.75) is 52.0 Å². The molecule has 21 heavy (non-hydrogen) atoms. The molecule has 0 spiro atoms. The number of ether oxygens (including phenoxy) is 1. The highest BCUT2D eigenvalue weighted by atomic mass is 16.5. The number of hydrogen-bond donors (Lipinski definition) is 2. The fourth-order valence-electron chi connectivity index (χ4n) is 3.76. The fraction of sp³-hybridized carbons (Fsp3) is 1.00. The molecule has 2 atom stereocenters. The molecule has 0 bridgehead atoms. The van der Waals surface area contributed by atoms with Gasteiger partial charge in [0.05, 0.1) is 13.2 Å². The lowest BCUT2D eigenvalue weighted by molar-refractivity contribution is -0.0428. The average molecular weight is 298 g/mol. The van der Waals surface area contributed by atoms with Crippen LogP contribution in [0.25, 0.3) is 0 Å². The molecule has 0 radical (unpaired) electrons. The molecule has 2 unspecified atom stereocenters. The minimum absolute atomic E-state index is 0.234. The summed E-state index contributed by atoms with van der Waals surface area (Å²) >= 11 is 0. The Kier molecular flexibility index (Phi) is 6.93. The van der Waals surface area contributed by atoms with Crippen LogP contribution in [0, 0.1) is 11.3 Å². The molecule has 2 rings (SSSR count). The van der Waals surface area contributed by atoms with E-state index in [1.807, 2.05) is 0 Å². The Balaban J connectivity index is 1.94. The van der Waals surface area contributed by atoms with E-state index in [1.165, 1.54) is 25.7 Å². The Morgan fingerprint density at radius 3 is 2.86 bits per heavy atom. The second-order valence-corrected chi connectivity index (χ2v) is 7.48. The maximum Gasteiger partial charge on any atom is 0.0586 e. The van der Waals surface area contributed by atoms with Crippen molar-refractivity contribution in [3.63, 3.8) is 0 Å². The Morgan fingerprint density at radius 1 is 1.33 bits per heavy atom. The van der Waals surface area contributed by atoms with Gasteiger partial charge in [0, 0.05) is 31.2 Å². The number of hydrogen-bond acceptors (Lipinski definition) is 4. The van der Waals surface area contributed by atoms with Gasteiger partial charge in [-0.2, -0.15) is 0 Å². The Labute approximate surface area is 130 Å². The molecule has 0 amide bonds. The number of nitrogens with zero attached hydrogens (tertiary/aromatic N) is 1. The zero-order valence-electron chi connectivity index (χ0n) is 13.9. The van der Waals surface area contributed by atoms with Crippen molar-refractivity contribution in [2.75, 3.05) is 46.0 Å². The van der Waals surface area contributed by atoms with Crippen molar-refractivity contribution >= 4 is 0 Å². The second kappa shape index (κ2) is 8.47. The van der Waals surface area contributed by atoms with Crippen molar-refractivity contribution in [1.82, 2.24) is 10.2 Å². The van der Waals surface area contributed by atoms with Crippen LogP contribution in [0.1, 0.15) is 46.0 Å². The van der Waals surface area contributed by atoms with Crippen LogP contribution in [-0.2, 0) is 4.74 Å². The third-order valence-corrected chi connectivity index (χ3v) is 4.95. The van der Waals surface area contributed by atoms with Crippen LogP contribution in [0.5, 0.6) is 0 Å². The van der Waals surface area contributed by atoms with Crippen LogP contribution >= 0.6 is 0 Å². The first kappa shape index (κ1) is 17.2. The van der Waals surface area contributed by atoms with Crippen molar-refractivity contribution in [2.24, 2.45) is 11.3 Å². The predicted octanol–water partition coefficient (Wildman–Crippen LogP) is 1.88. The summed E-state index contributed by atoms with van der Waals surface area (Å²) < 4.78 is 5.82. The zero-order chi connectivity index (χ0) is 15.1. The summed E-state index contributed by atoms with van der Waals surface area (Å²) in [4.78, 5) is 2.52. The summed E-state index contributed by atoms with van der Waals surface area (Å²) in [5.74, 6) is 0.687. The number of likely N-dealkylation sites (tertiary alicyclic amines) is 1. The number of aliphatic hydroxyl groups is 1. The molecule has 4 nitrogen and oxygen atoms in total. The van der Waals surface area contributed by atoms with Gasteiger partial charge in [0.15, 0.2) is 0 Å². The van der Waals surface area contributed by atoms with Crippen molar-refractivity contribution in [1.29, 1.82) is 0 Å². The van der Waals surface area contributed by atoms with Gasteiger partial charge in [-0.25, -0.2) is 0 Å². The van der Waals surface area contributed by atoms with E-state index in [9.17, 15) is 5.11 Å². The number of piperidine rings is 1. The van der Waals surface area contributed by atoms with Gasteiger partial charge >= 0.3 is 0 Å². The summed E-state index contributed by atoms with van der Waals surface area (Å²) in [5, 5.41) is 13.3. The average Bonchev–Trinajstić information content (AvgIpc) is 2.48. The molecule has 0 aromatic rings. The van der Waals surface area contributed by atoms with Gasteiger partial charge in [-0.15, -0.1) is 0 Å². The first-order valence-electron chi connectivity index (χ1n) is 8.78. The van der Waals surface area contributed by atoms with E-state index in [0.29, 0.717) is 18.6 Å². The van der Waals surface area contributed by atoms with Gasteiger partial charge in [0.1, 0.15) is 0 Å². The Hall–Kier alpha value is -0.160. The van der Waals surface area contributed by atoms with E-state index < -0.39 is 0 Å². The van der Waals surface area contributed by atoms with Gasteiger partial charge in [0.25, 0.3) is 0 Å². The molecule has 2 N–H and O–H groups in total. The highest BCUT2D eigenvalue weighted by molar-refractivity contribution is 4.90. The Morgan fingerprint density at radius 2 is 2.19 bits per heavy atom. The summed E-state index contributed by atoms with van der Waals surface area (Å²) in [6.07, 6.45) is 6.09. The van der Waals surface area contributed by atoms with Crippen LogP contribution in [0.4, 0.5) is 0 Å². The summed E-state index contributed by atoms with van der Waals surface area (Å²) in [6.45, 7) is 10.9. The second-order valence-electron chi connectivity index (χ2n) is 7.48. The smallest absolute Gasteiger partial charge is 0.0586 e. The summed E-state index contributed by atoms with van der Waals surface area (Å²) in [6, 6.07) is 0.364. The molecule has 2 aliphatic rings. The quantitative estimate of drug-likeness (QED) is 0.753. The Bertz CT molecular complexity index is 291. The summed E-state index contributed by atoms with van der Waals surface area (Å²) in [5.41, 5.74) is 0.234. The van der Waals surface area contributed by atoms with E-state index >= 15 is 0 Å². The molecule has 2 aliphatic heterocycles. The predicted molar refractivity (Wildman–Crippen MR) is 86.5 cm³/mol. The molecule has 2 fully saturated rings. The lowest BCUT2D eigenvalue weighted by Crippen LogP contribution is -2.53. The molecule has 0 aromatic heterocycles. The molecule has 0 aromatic carbocycles. The molecule has 0 saturated carbocycles. The number of aliphatic hydroxyl groups excluding tert-OH is 1. The van der Waals surface area contributed by atoms with Gasteiger partial charge in [-0.05, 0) is 44.7 Å². The van der Waals surface area contributed by atoms with Gasteiger partial charge < -0.3 is 15.2 Å². The highest BCUT2D eigenvalue weighted by Gasteiger charge is 2.36. The van der Waals surface area contributed by atoms with Crippen LogP contribution in [0.3, 0.4) is 0 Å². The lowest BCUT2D eigenvalue weighted by atomic mass is 9.80. The first-order chi connectivity index (χ1) is 10.2. The number of nitrogens with one attached hydrogen (secondary N) is 1. The van der Waals surface area contributed by atoms with Gasteiger partial charge in [0.2, 0.25) is 0 Å². The molecule has 2 heterocycles. The van der Waals surface area contributed by atoms with Gasteiger partial charge in [-0.1, -0.05) is 20.3 Å². The minimum atomic E-state index is 0.234. The maximum absolute atomic E-state index is 9.64. The standard InChI is InChI=1S/C17H34N2O2/c1-15(2)10-18-12-17(7-5-9-21-14-17)13-19-8-4-3-6-16(19)11-20/h15-16,18,20H,3-14H2,1-2H3. The van der Waals surface area contributed by atoms with E-state index in [4.69, 9.17) is 4.74 Å². The number of rotatable bonds is 7. The van der Waals surface area contributed by atoms with Crippen molar-refractivity contribution < 1.29 is 9.84 Å². The van der Waals surface area contributed by atoms with Crippen molar-refractivity contribution in [3.05, 3.63) is 0 Å². The van der Waals surface area contributed by atoms with E-state index in [2.05, 4.69) is 24.1 Å². The normalized spacial score (nSPS) is 31.7. The van der Waals surface area contributed by atoms with Crippen LogP contribution < -0.4 is 5.32 Å². The highest BCUT2D eigenvalue weighted by Crippen LogP contribution is 2.31. The monoisotopic (exact) mass is 298 g/mol. The lowest BCUT2D eigenvalue weighted by Gasteiger charge is -2.45. The topological polar surface area (TPSA) is 44.7 Å². The van der Waals surface area contributed by atoms with Crippen LogP contribution in [0.2, 0.25) is 0 Å². The zero-order valence-corrected chi connectivity index (χ0v) is 13.9. The van der Waals surface area contributed by atoms with E-state index in [1.54, 1.807) is 0 Å². The first-order valence-corrected chi connectivity index (χ1v) is 8.78. The summed E-state index contributed by atoms with van der Waals surface area (Å²) in [7, 11) is 0. The minimum Gasteiger partial charge on any atom is -0.395 e. The van der Waals surface area contributed by atoms with Crippen molar-refractivity contribution in [3.8, 4) is 0 Å². The SMILES string of the molecule is CC(C)CNCC1(CN2CCCCC2CO)CCCOC1. The fourth-order valence-corrected chi connectivity index (χ4v) is 3.76.